The van der Waals surface area contributed by atoms with E-state index >= 15 is 0 Å². The molecule has 2 N–H and O–H groups in total. The molecule has 3 aromatic rings. The summed E-state index contributed by atoms with van der Waals surface area (Å²) in [6.07, 6.45) is 3.01. The molecular formula is C19H16N2O4S. The lowest BCUT2D eigenvalue weighted by Gasteiger charge is -2.04. The number of para-hydroxylation sites is 1. The fourth-order valence-corrected chi connectivity index (χ4v) is 2.63. The molecule has 0 bridgehead atoms. The van der Waals surface area contributed by atoms with Crippen molar-refractivity contribution in [3.63, 3.8) is 0 Å². The van der Waals surface area contributed by atoms with Gasteiger partial charge in [-0.1, -0.05) is 24.3 Å². The van der Waals surface area contributed by atoms with Gasteiger partial charge in [-0.25, -0.2) is 0 Å². The number of hydrogen-bond donors (Lipinski definition) is 2. The van der Waals surface area contributed by atoms with Crippen LogP contribution in [0.2, 0.25) is 0 Å². The van der Waals surface area contributed by atoms with E-state index in [0.29, 0.717) is 11.5 Å². The Morgan fingerprint density at radius 2 is 1.88 bits per heavy atom. The van der Waals surface area contributed by atoms with Gasteiger partial charge < -0.3 is 9.15 Å². The van der Waals surface area contributed by atoms with Gasteiger partial charge in [0.1, 0.15) is 18.1 Å². The maximum absolute atomic E-state index is 12.0. The van der Waals surface area contributed by atoms with E-state index in [1.165, 1.54) is 23.5 Å². The molecule has 0 aliphatic rings. The molecule has 0 saturated carbocycles. The number of ether oxygens (including phenoxy) is 1. The zero-order valence-electron chi connectivity index (χ0n) is 13.7. The van der Waals surface area contributed by atoms with Crippen molar-refractivity contribution in [2.24, 2.45) is 0 Å². The van der Waals surface area contributed by atoms with Gasteiger partial charge in [0, 0.05) is 11.0 Å². The SMILES string of the molecule is O=C(/C=C/c1cccs1)NNC(=O)c1ccc(COc2ccccc2)o1. The van der Waals surface area contributed by atoms with Gasteiger partial charge in [0.2, 0.25) is 0 Å². The predicted molar refractivity (Wildman–Crippen MR) is 98.4 cm³/mol. The highest BCUT2D eigenvalue weighted by Gasteiger charge is 2.12. The van der Waals surface area contributed by atoms with Crippen LogP contribution in [0.4, 0.5) is 0 Å². The van der Waals surface area contributed by atoms with Gasteiger partial charge in [0.15, 0.2) is 5.76 Å². The lowest BCUT2D eigenvalue weighted by molar-refractivity contribution is -0.117. The Labute approximate surface area is 154 Å². The number of hydrazine groups is 1. The van der Waals surface area contributed by atoms with Crippen molar-refractivity contribution in [1.29, 1.82) is 0 Å². The summed E-state index contributed by atoms with van der Waals surface area (Å²) in [4.78, 5) is 24.6. The van der Waals surface area contributed by atoms with E-state index in [4.69, 9.17) is 9.15 Å². The van der Waals surface area contributed by atoms with Crippen molar-refractivity contribution in [1.82, 2.24) is 10.9 Å². The molecule has 0 radical (unpaired) electrons. The van der Waals surface area contributed by atoms with E-state index in [2.05, 4.69) is 10.9 Å². The largest absolute Gasteiger partial charge is 0.486 e. The molecule has 1 aromatic carbocycles. The van der Waals surface area contributed by atoms with Crippen LogP contribution in [0.1, 0.15) is 21.2 Å². The minimum Gasteiger partial charge on any atom is -0.486 e. The van der Waals surface area contributed by atoms with Gasteiger partial charge in [-0.3, -0.25) is 20.4 Å². The van der Waals surface area contributed by atoms with Crippen LogP contribution in [0.25, 0.3) is 6.08 Å². The first kappa shape index (κ1) is 17.5. The third-order valence-electron chi connectivity index (χ3n) is 3.25. The highest BCUT2D eigenvalue weighted by Crippen LogP contribution is 2.14. The number of nitrogens with one attached hydrogen (secondary N) is 2. The number of thiophene rings is 1. The number of amides is 2. The molecule has 0 unspecified atom stereocenters. The molecule has 0 spiro atoms. The molecule has 3 rings (SSSR count). The fraction of sp³-hybridized carbons (Fsp3) is 0.0526. The van der Waals surface area contributed by atoms with Crippen LogP contribution in [0.5, 0.6) is 5.75 Å². The quantitative estimate of drug-likeness (QED) is 0.516. The van der Waals surface area contributed by atoms with Crippen LogP contribution in [-0.4, -0.2) is 11.8 Å². The fourth-order valence-electron chi connectivity index (χ4n) is 2.01. The highest BCUT2D eigenvalue weighted by atomic mass is 32.1. The third kappa shape index (κ3) is 5.09. The summed E-state index contributed by atoms with van der Waals surface area (Å²) in [6, 6.07) is 16.2. The molecule has 0 atom stereocenters. The highest BCUT2D eigenvalue weighted by molar-refractivity contribution is 7.10. The van der Waals surface area contributed by atoms with Crippen LogP contribution in [0.15, 0.2) is 70.5 Å². The summed E-state index contributed by atoms with van der Waals surface area (Å²) in [7, 11) is 0. The van der Waals surface area contributed by atoms with Crippen molar-refractivity contribution in [2.45, 2.75) is 6.61 Å². The summed E-state index contributed by atoms with van der Waals surface area (Å²) in [5.41, 5.74) is 4.59. The average Bonchev–Trinajstić information content (AvgIpc) is 3.35. The van der Waals surface area contributed by atoms with Gasteiger partial charge in [-0.15, -0.1) is 11.3 Å². The van der Waals surface area contributed by atoms with Crippen LogP contribution >= 0.6 is 11.3 Å². The maximum Gasteiger partial charge on any atom is 0.305 e. The molecule has 6 nitrogen and oxygen atoms in total. The molecule has 26 heavy (non-hydrogen) atoms. The Balaban J connectivity index is 1.46. The van der Waals surface area contributed by atoms with Crippen LogP contribution in [0, 0.1) is 0 Å². The van der Waals surface area contributed by atoms with E-state index in [1.54, 1.807) is 12.1 Å². The van der Waals surface area contributed by atoms with Crippen LogP contribution in [0.3, 0.4) is 0 Å². The first-order chi connectivity index (χ1) is 12.7. The number of carbonyl (C=O) groups excluding carboxylic acids is 2. The number of furan rings is 1. The number of carbonyl (C=O) groups is 2. The lowest BCUT2D eigenvalue weighted by Crippen LogP contribution is -2.40. The first-order valence-electron chi connectivity index (χ1n) is 7.79. The van der Waals surface area contributed by atoms with Crippen LogP contribution < -0.4 is 15.6 Å². The van der Waals surface area contributed by atoms with E-state index in [-0.39, 0.29) is 12.4 Å². The van der Waals surface area contributed by atoms with E-state index in [9.17, 15) is 9.59 Å². The number of rotatable bonds is 6. The van der Waals surface area contributed by atoms with E-state index in [0.717, 1.165) is 4.88 Å². The average molecular weight is 368 g/mol. The number of benzene rings is 1. The predicted octanol–water partition coefficient (Wildman–Crippen LogP) is 3.39. The minimum absolute atomic E-state index is 0.0826. The summed E-state index contributed by atoms with van der Waals surface area (Å²) in [5.74, 6) is 0.307. The summed E-state index contributed by atoms with van der Waals surface area (Å²) >= 11 is 1.51. The third-order valence-corrected chi connectivity index (χ3v) is 4.09. The Morgan fingerprint density at radius 3 is 2.65 bits per heavy atom. The second-order valence-corrected chi connectivity index (χ2v) is 6.14. The molecule has 7 heteroatoms. The van der Waals surface area contributed by atoms with Crippen molar-refractivity contribution in [3.05, 3.63) is 82.5 Å². The van der Waals surface area contributed by atoms with Gasteiger partial charge in [-0.2, -0.15) is 0 Å². The molecule has 0 aliphatic heterocycles. The van der Waals surface area contributed by atoms with Gasteiger partial charge in [-0.05, 0) is 41.8 Å². The first-order valence-corrected chi connectivity index (χ1v) is 8.67. The van der Waals surface area contributed by atoms with Crippen molar-refractivity contribution < 1.29 is 18.7 Å². The van der Waals surface area contributed by atoms with Crippen LogP contribution in [-0.2, 0) is 11.4 Å². The molecule has 0 fully saturated rings. The standard InChI is InChI=1S/C19H16N2O4S/c22-18(11-9-16-7-4-12-26-16)20-21-19(23)17-10-8-15(25-17)13-24-14-5-2-1-3-6-14/h1-12H,13H2,(H,20,22)(H,21,23)/b11-9+. The monoisotopic (exact) mass is 368 g/mol. The molecule has 0 aliphatic carbocycles. The Kier molecular flexibility index (Phi) is 5.84. The summed E-state index contributed by atoms with van der Waals surface area (Å²) in [5, 5.41) is 1.91. The second-order valence-electron chi connectivity index (χ2n) is 5.16. The Hall–Kier alpha value is -3.32. The minimum atomic E-state index is -0.547. The molecule has 0 saturated heterocycles. The molecular weight excluding hydrogens is 352 g/mol. The molecule has 2 amide bonds. The maximum atomic E-state index is 12.0. The van der Waals surface area contributed by atoms with E-state index < -0.39 is 11.8 Å². The Bertz CT molecular complexity index is 885. The summed E-state index contributed by atoms with van der Waals surface area (Å²) < 4.78 is 11.0. The zero-order chi connectivity index (χ0) is 18.2. The molecule has 132 valence electrons. The molecule has 2 aromatic heterocycles. The van der Waals surface area contributed by atoms with E-state index in [1.807, 2.05) is 47.8 Å². The second kappa shape index (κ2) is 8.68. The Morgan fingerprint density at radius 1 is 1.04 bits per heavy atom. The normalized spacial score (nSPS) is 10.6. The summed E-state index contributed by atoms with van der Waals surface area (Å²) in [6.45, 7) is 0.202. The topological polar surface area (TPSA) is 80.6 Å². The van der Waals surface area contributed by atoms with Gasteiger partial charge in [0.25, 0.3) is 5.91 Å². The lowest BCUT2D eigenvalue weighted by atomic mass is 10.3. The molecule has 2 heterocycles. The van der Waals surface area contributed by atoms with Crippen molar-refractivity contribution in [2.75, 3.05) is 0 Å². The van der Waals surface area contributed by atoms with Gasteiger partial charge >= 0.3 is 5.91 Å². The zero-order valence-corrected chi connectivity index (χ0v) is 14.5. The smallest absolute Gasteiger partial charge is 0.305 e. The van der Waals surface area contributed by atoms with Gasteiger partial charge in [0.05, 0.1) is 0 Å². The number of hydrogen-bond acceptors (Lipinski definition) is 5. The van der Waals surface area contributed by atoms with Crippen molar-refractivity contribution in [3.8, 4) is 5.75 Å². The van der Waals surface area contributed by atoms with Crippen molar-refractivity contribution >= 4 is 29.2 Å².